The van der Waals surface area contributed by atoms with Gasteiger partial charge in [-0.15, -0.1) is 0 Å². The van der Waals surface area contributed by atoms with Gasteiger partial charge in [0.25, 0.3) is 16.0 Å². The van der Waals surface area contributed by atoms with Gasteiger partial charge in [0.15, 0.2) is 5.95 Å². The van der Waals surface area contributed by atoms with Crippen molar-refractivity contribution < 1.29 is 50.4 Å². The van der Waals surface area contributed by atoms with Gasteiger partial charge in [-0.25, -0.2) is 13.4 Å². The molecule has 23 heteroatoms. The Morgan fingerprint density at radius 1 is 1.02 bits per heavy atom. The second kappa shape index (κ2) is 19.5. The van der Waals surface area contributed by atoms with Gasteiger partial charge in [-0.3, -0.25) is 28.5 Å². The molecule has 2 aromatic carbocycles. The van der Waals surface area contributed by atoms with Crippen LogP contribution in [0.3, 0.4) is 0 Å². The molecule has 2 heterocycles. The lowest BCUT2D eigenvalue weighted by atomic mass is 10.1. The molecule has 0 aliphatic carbocycles. The molecule has 4 aromatic rings. The van der Waals surface area contributed by atoms with E-state index in [0.29, 0.717) is 23.8 Å². The Morgan fingerprint density at radius 3 is 2.34 bits per heavy atom. The largest absolute Gasteiger partial charge is 0.494 e. The molecule has 314 valence electrons. The number of aromatic amines is 1. The second-order valence-corrected chi connectivity index (χ2v) is 16.3. The number of carbonyl (C=O) groups excluding carboxylic acids is 3. The van der Waals surface area contributed by atoms with Gasteiger partial charge < -0.3 is 46.4 Å². The van der Waals surface area contributed by atoms with Crippen LogP contribution in [0.4, 0.5) is 5.95 Å². The van der Waals surface area contributed by atoms with Crippen molar-refractivity contribution in [3.8, 4) is 5.75 Å². The summed E-state index contributed by atoms with van der Waals surface area (Å²) in [5.41, 5.74) is 6.37. The number of fused-ring (bicyclic) bond motifs is 1. The number of hydrogen-bond acceptors (Lipinski definition) is 13. The third-order valence-corrected chi connectivity index (χ3v) is 11.1. The Bertz CT molecular complexity index is 2410. The number of imidazole rings is 1. The number of nitrogens with one attached hydrogen (secondary N) is 6. The lowest BCUT2D eigenvalue weighted by Gasteiger charge is -2.19. The lowest BCUT2D eigenvalue weighted by molar-refractivity contribution is -0.138. The number of amides is 3. The van der Waals surface area contributed by atoms with Crippen LogP contribution in [0.2, 0.25) is 0 Å². The number of benzene rings is 2. The second-order valence-electron chi connectivity index (χ2n) is 13.2. The monoisotopic (exact) mass is 847 g/mol. The molecule has 10 N–H and O–H groups in total. The van der Waals surface area contributed by atoms with Gasteiger partial charge >= 0.3 is 5.97 Å². The van der Waals surface area contributed by atoms with Crippen LogP contribution in [0.5, 0.6) is 5.75 Å². The van der Waals surface area contributed by atoms with Crippen molar-refractivity contribution in [2.24, 2.45) is 12.8 Å². The third kappa shape index (κ3) is 12.6. The van der Waals surface area contributed by atoms with E-state index < -0.39 is 67.7 Å². The summed E-state index contributed by atoms with van der Waals surface area (Å²) in [4.78, 5) is 69.3. The van der Waals surface area contributed by atoms with Crippen LogP contribution in [0, 0.1) is 13.8 Å². The average Bonchev–Trinajstić information content (AvgIpc) is 3.66. The number of sulfonamides is 1. The van der Waals surface area contributed by atoms with E-state index in [2.05, 4.69) is 36.0 Å². The topological polar surface area (TPSA) is 323 Å². The summed E-state index contributed by atoms with van der Waals surface area (Å²) in [7, 11) is -7.25. The van der Waals surface area contributed by atoms with Crippen LogP contribution in [-0.2, 0) is 48.1 Å². The zero-order valence-electron chi connectivity index (χ0n) is 31.7. The predicted molar refractivity (Wildman–Crippen MR) is 210 cm³/mol. The van der Waals surface area contributed by atoms with Crippen molar-refractivity contribution in [1.29, 1.82) is 0 Å². The van der Waals surface area contributed by atoms with Gasteiger partial charge in [-0.05, 0) is 61.2 Å². The Morgan fingerprint density at radius 2 is 1.71 bits per heavy atom. The van der Waals surface area contributed by atoms with Crippen molar-refractivity contribution in [3.05, 3.63) is 81.4 Å². The summed E-state index contributed by atoms with van der Waals surface area (Å²) in [6.45, 7) is 2.77. The summed E-state index contributed by atoms with van der Waals surface area (Å²) in [5, 5.41) is 20.5. The SMILES string of the molecule is Cc1cc(OCCCC(=O)NCCNC(=O)C(N)CS(=O)(=O)O)cc(C)c1S(=O)(=O)NC(CNC(=O)c1cn(C)c2cc(CNc3ncc[nH]3)ccc2c1=O)C(=O)O. The van der Waals surface area contributed by atoms with Crippen molar-refractivity contribution in [2.75, 3.05) is 37.3 Å². The van der Waals surface area contributed by atoms with Gasteiger partial charge in [-0.2, -0.15) is 13.1 Å². The molecule has 0 saturated carbocycles. The Labute approximate surface area is 332 Å². The number of nitrogens with zero attached hydrogens (tertiary/aromatic N) is 2. The summed E-state index contributed by atoms with van der Waals surface area (Å²) >= 11 is 0. The quantitative estimate of drug-likeness (QED) is 0.0368. The van der Waals surface area contributed by atoms with E-state index in [0.717, 1.165) is 5.56 Å². The normalized spacial score (nSPS) is 12.7. The first-order chi connectivity index (χ1) is 27.3. The van der Waals surface area contributed by atoms with Crippen molar-refractivity contribution in [3.63, 3.8) is 0 Å². The summed E-state index contributed by atoms with van der Waals surface area (Å²) in [5.74, 6) is -3.74. The van der Waals surface area contributed by atoms with E-state index in [1.165, 1.54) is 32.2 Å². The summed E-state index contributed by atoms with van der Waals surface area (Å²) < 4.78 is 66.8. The number of carboxylic acids is 1. The fourth-order valence-electron chi connectivity index (χ4n) is 5.81. The standard InChI is InChI=1S/C35H45N9O12S2/c1-20-13-23(56-12-4-5-29(45)37-8-9-38-33(48)26(36)19-57(51,52)53)14-21(2)31(20)58(54,55)43-27(34(49)50)17-41-32(47)25-18-44(3)28-15-22(6-7-24(28)30(25)46)16-42-35-39-10-11-40-35/h6-7,10-11,13-15,18,26-27,43H,4-5,8-9,12,16-17,19,36H2,1-3H3,(H,37,45)(H,38,48)(H,41,47)(H,49,50)(H2,39,40,42)(H,51,52,53). The highest BCUT2D eigenvalue weighted by atomic mass is 32.2. The maximum absolute atomic E-state index is 13.5. The molecule has 0 saturated heterocycles. The van der Waals surface area contributed by atoms with Gasteiger partial charge in [0.1, 0.15) is 23.4 Å². The van der Waals surface area contributed by atoms with Crippen LogP contribution in [0.1, 0.15) is 39.9 Å². The van der Waals surface area contributed by atoms with Crippen LogP contribution in [0.25, 0.3) is 10.9 Å². The number of hydrogen-bond donors (Lipinski definition) is 9. The van der Waals surface area contributed by atoms with Gasteiger partial charge in [-0.1, -0.05) is 6.07 Å². The first-order valence-corrected chi connectivity index (χ1v) is 20.7. The number of anilines is 1. The maximum atomic E-state index is 13.5. The highest BCUT2D eigenvalue weighted by Crippen LogP contribution is 2.26. The van der Waals surface area contributed by atoms with Crippen LogP contribution >= 0.6 is 0 Å². The third-order valence-electron chi connectivity index (χ3n) is 8.51. The number of pyridine rings is 1. The van der Waals surface area contributed by atoms with Crippen molar-refractivity contribution in [1.82, 2.24) is 35.2 Å². The molecule has 2 atom stereocenters. The molecule has 4 rings (SSSR count). The molecule has 0 spiro atoms. The molecule has 0 radical (unpaired) electrons. The molecular weight excluding hydrogens is 803 g/mol. The van der Waals surface area contributed by atoms with E-state index in [1.807, 2.05) is 0 Å². The van der Waals surface area contributed by atoms with E-state index in [1.54, 1.807) is 42.2 Å². The first kappa shape index (κ1) is 44.8. The van der Waals surface area contributed by atoms with Crippen LogP contribution in [-0.4, -0.2) is 109 Å². The fourth-order valence-corrected chi connectivity index (χ4v) is 8.06. The number of aliphatic carboxylic acids is 1. The molecule has 0 aliphatic rings. The van der Waals surface area contributed by atoms with Crippen LogP contribution in [0.15, 0.2) is 58.6 Å². The number of nitrogens with two attached hydrogens (primary N) is 1. The van der Waals surface area contributed by atoms with Gasteiger partial charge in [0, 0.05) is 63.6 Å². The molecule has 0 fully saturated rings. The smallest absolute Gasteiger partial charge is 0.323 e. The molecule has 21 nitrogen and oxygen atoms in total. The van der Waals surface area contributed by atoms with Crippen molar-refractivity contribution >= 4 is 60.7 Å². The fraction of sp³-hybridized carbons (Fsp3) is 0.371. The van der Waals surface area contributed by atoms with Gasteiger partial charge in [0.05, 0.1) is 22.8 Å². The van der Waals surface area contributed by atoms with Crippen LogP contribution < -0.4 is 41.9 Å². The number of ether oxygens (including phenoxy) is 1. The molecule has 3 amide bonds. The first-order valence-electron chi connectivity index (χ1n) is 17.6. The number of H-pyrrole nitrogens is 1. The molecule has 58 heavy (non-hydrogen) atoms. The summed E-state index contributed by atoms with van der Waals surface area (Å²) in [6.07, 6.45) is 4.89. The molecule has 0 bridgehead atoms. The highest BCUT2D eigenvalue weighted by Gasteiger charge is 2.29. The Hall–Kier alpha value is -5.88. The van der Waals surface area contributed by atoms with E-state index in [4.69, 9.17) is 15.0 Å². The number of rotatable bonds is 21. The van der Waals surface area contributed by atoms with E-state index in [-0.39, 0.29) is 65.4 Å². The minimum Gasteiger partial charge on any atom is -0.494 e. The Kier molecular flexibility index (Phi) is 15.1. The Balaban J connectivity index is 1.29. The van der Waals surface area contributed by atoms with E-state index >= 15 is 0 Å². The number of aryl methyl sites for hydroxylation is 3. The van der Waals surface area contributed by atoms with Gasteiger partial charge in [0.2, 0.25) is 27.3 Å². The predicted octanol–water partition coefficient (Wildman–Crippen LogP) is -0.741. The number of carboxylic acid groups (broad SMARTS) is 1. The average molecular weight is 848 g/mol. The molecule has 0 aliphatic heterocycles. The summed E-state index contributed by atoms with van der Waals surface area (Å²) in [6, 6.07) is 4.68. The van der Waals surface area contributed by atoms with Crippen molar-refractivity contribution in [2.45, 2.75) is 50.2 Å². The zero-order valence-corrected chi connectivity index (χ0v) is 33.3. The maximum Gasteiger partial charge on any atom is 0.323 e. The molecule has 2 unspecified atom stereocenters. The highest BCUT2D eigenvalue weighted by molar-refractivity contribution is 7.89. The molecular formula is C35H45N9O12S2. The molecule has 2 aromatic heterocycles. The minimum absolute atomic E-state index is 0.0277. The number of carbonyl (C=O) groups is 4. The van der Waals surface area contributed by atoms with E-state index in [9.17, 15) is 45.9 Å². The lowest BCUT2D eigenvalue weighted by Crippen LogP contribution is -2.49. The minimum atomic E-state index is -4.47. The zero-order chi connectivity index (χ0) is 42.8. The number of aromatic nitrogens is 3.